The van der Waals surface area contributed by atoms with Crippen molar-refractivity contribution in [2.24, 2.45) is 11.7 Å². The molecule has 0 aromatic carbocycles. The number of unbranched alkanes of at least 4 members (excludes halogenated alkanes) is 3. The van der Waals surface area contributed by atoms with Crippen molar-refractivity contribution < 1.29 is 29.4 Å². The summed E-state index contributed by atoms with van der Waals surface area (Å²) in [6.45, 7) is 3.72. The SMILES string of the molecule is CC(C)[C@H](NC(=O)CCCCCn1cc(-c2cnc(O)nc2)nn1)C(=O)N[C@@H](CCCCN)C(=O)NCC(=O)NCO. The number of aryl methyl sites for hydroxylation is 1. The average molecular weight is 591 g/mol. The van der Waals surface area contributed by atoms with E-state index in [0.717, 1.165) is 12.8 Å². The summed E-state index contributed by atoms with van der Waals surface area (Å²) in [7, 11) is 0. The summed E-state index contributed by atoms with van der Waals surface area (Å²) in [4.78, 5) is 57.4. The van der Waals surface area contributed by atoms with Crippen LogP contribution in [-0.2, 0) is 25.7 Å². The fourth-order valence-corrected chi connectivity index (χ4v) is 3.97. The first kappa shape index (κ1) is 34.0. The normalized spacial score (nSPS) is 12.4. The largest absolute Gasteiger partial charge is 0.479 e. The van der Waals surface area contributed by atoms with Gasteiger partial charge in [0.1, 0.15) is 24.5 Å². The Bertz CT molecular complexity index is 1140. The van der Waals surface area contributed by atoms with E-state index in [1.165, 1.54) is 12.4 Å². The van der Waals surface area contributed by atoms with Crippen LogP contribution in [0.3, 0.4) is 0 Å². The maximum Gasteiger partial charge on any atom is 0.313 e. The Kier molecular flexibility index (Phi) is 14.8. The van der Waals surface area contributed by atoms with Crippen molar-refractivity contribution in [2.75, 3.05) is 19.8 Å². The lowest BCUT2D eigenvalue weighted by molar-refractivity contribution is -0.133. The van der Waals surface area contributed by atoms with Crippen molar-refractivity contribution in [3.63, 3.8) is 0 Å². The van der Waals surface area contributed by atoms with E-state index in [0.29, 0.717) is 50.0 Å². The summed E-state index contributed by atoms with van der Waals surface area (Å²) in [5.74, 6) is -2.12. The number of nitrogens with two attached hydrogens (primary N) is 1. The molecule has 2 aromatic rings. The predicted molar refractivity (Wildman–Crippen MR) is 151 cm³/mol. The molecule has 0 saturated carbocycles. The molecular formula is C26H42N10O6. The summed E-state index contributed by atoms with van der Waals surface area (Å²) in [6.07, 6.45) is 8.54. The molecule has 16 nitrogen and oxygen atoms in total. The quantitative estimate of drug-likeness (QED) is 0.0768. The molecule has 2 atom stereocenters. The van der Waals surface area contributed by atoms with Crippen molar-refractivity contribution in [3.05, 3.63) is 18.6 Å². The number of aromatic hydroxyl groups is 1. The number of rotatable bonds is 19. The molecule has 42 heavy (non-hydrogen) atoms. The molecule has 0 fully saturated rings. The van der Waals surface area contributed by atoms with Crippen LogP contribution in [0.15, 0.2) is 18.6 Å². The van der Waals surface area contributed by atoms with Crippen molar-refractivity contribution in [2.45, 2.75) is 77.4 Å². The highest BCUT2D eigenvalue weighted by Crippen LogP contribution is 2.15. The van der Waals surface area contributed by atoms with E-state index in [1.54, 1.807) is 24.7 Å². The molecule has 0 aliphatic heterocycles. The summed E-state index contributed by atoms with van der Waals surface area (Å²) in [5, 5.41) is 36.2. The lowest BCUT2D eigenvalue weighted by Gasteiger charge is -2.25. The smallest absolute Gasteiger partial charge is 0.313 e. The highest BCUT2D eigenvalue weighted by molar-refractivity contribution is 5.93. The molecule has 2 rings (SSSR count). The van der Waals surface area contributed by atoms with Crippen LogP contribution in [0.1, 0.15) is 58.8 Å². The molecule has 16 heteroatoms. The summed E-state index contributed by atoms with van der Waals surface area (Å²) < 4.78 is 1.68. The Morgan fingerprint density at radius 2 is 1.69 bits per heavy atom. The maximum absolute atomic E-state index is 13.1. The Hall–Kier alpha value is -4.18. The molecule has 0 radical (unpaired) electrons. The number of nitrogens with zero attached hydrogens (tertiary/aromatic N) is 5. The van der Waals surface area contributed by atoms with Crippen LogP contribution in [0.2, 0.25) is 0 Å². The zero-order valence-corrected chi connectivity index (χ0v) is 24.1. The molecule has 0 spiro atoms. The monoisotopic (exact) mass is 590 g/mol. The van der Waals surface area contributed by atoms with Crippen molar-refractivity contribution in [3.8, 4) is 17.3 Å². The third kappa shape index (κ3) is 12.1. The van der Waals surface area contributed by atoms with Gasteiger partial charge in [-0.05, 0) is 44.6 Å². The van der Waals surface area contributed by atoms with Gasteiger partial charge in [-0.3, -0.25) is 23.9 Å². The third-order valence-electron chi connectivity index (χ3n) is 6.31. The number of hydrogen-bond acceptors (Lipinski definition) is 11. The Morgan fingerprint density at radius 3 is 2.36 bits per heavy atom. The minimum Gasteiger partial charge on any atom is -0.479 e. The van der Waals surface area contributed by atoms with Gasteiger partial charge in [-0.15, -0.1) is 5.10 Å². The number of aliphatic hydroxyl groups excluding tert-OH is 1. The number of carbonyl (C=O) groups excluding carboxylic acids is 4. The fraction of sp³-hybridized carbons (Fsp3) is 0.615. The van der Waals surface area contributed by atoms with Gasteiger partial charge in [0.2, 0.25) is 23.6 Å². The van der Waals surface area contributed by atoms with Gasteiger partial charge in [0.15, 0.2) is 0 Å². The molecule has 4 amide bonds. The van der Waals surface area contributed by atoms with Crippen molar-refractivity contribution >= 4 is 23.6 Å². The number of hydrogen-bond donors (Lipinski definition) is 7. The van der Waals surface area contributed by atoms with E-state index in [4.69, 9.17) is 10.8 Å². The molecule has 0 bridgehead atoms. The van der Waals surface area contributed by atoms with Crippen molar-refractivity contribution in [1.82, 2.24) is 46.2 Å². The van der Waals surface area contributed by atoms with E-state index >= 15 is 0 Å². The lowest BCUT2D eigenvalue weighted by Crippen LogP contribution is -2.56. The highest BCUT2D eigenvalue weighted by atomic mass is 16.3. The molecular weight excluding hydrogens is 548 g/mol. The van der Waals surface area contributed by atoms with Crippen LogP contribution >= 0.6 is 0 Å². The number of aliphatic hydroxyl groups is 1. The highest BCUT2D eigenvalue weighted by Gasteiger charge is 2.28. The number of carbonyl (C=O) groups is 4. The molecule has 0 aliphatic rings. The second-order valence-electron chi connectivity index (χ2n) is 10.1. The second-order valence-corrected chi connectivity index (χ2v) is 10.1. The maximum atomic E-state index is 13.1. The molecule has 2 aromatic heterocycles. The Balaban J connectivity index is 1.81. The van der Waals surface area contributed by atoms with Crippen LogP contribution in [0, 0.1) is 5.92 Å². The van der Waals surface area contributed by atoms with E-state index in [2.05, 4.69) is 41.5 Å². The Labute approximate surface area is 244 Å². The first-order valence-corrected chi connectivity index (χ1v) is 14.0. The molecule has 2 heterocycles. The van der Waals surface area contributed by atoms with Gasteiger partial charge < -0.3 is 37.2 Å². The van der Waals surface area contributed by atoms with Gasteiger partial charge in [-0.2, -0.15) is 0 Å². The fourth-order valence-electron chi connectivity index (χ4n) is 3.97. The van der Waals surface area contributed by atoms with Gasteiger partial charge in [0, 0.05) is 30.9 Å². The van der Waals surface area contributed by atoms with Crippen LogP contribution in [0.5, 0.6) is 6.01 Å². The average Bonchev–Trinajstić information content (AvgIpc) is 3.43. The van der Waals surface area contributed by atoms with Crippen LogP contribution in [0.25, 0.3) is 11.3 Å². The van der Waals surface area contributed by atoms with Gasteiger partial charge in [-0.25, -0.2) is 9.97 Å². The summed E-state index contributed by atoms with van der Waals surface area (Å²) in [6, 6.07) is -2.08. The zero-order valence-electron chi connectivity index (χ0n) is 24.1. The van der Waals surface area contributed by atoms with Crippen LogP contribution < -0.4 is 27.0 Å². The molecule has 0 saturated heterocycles. The molecule has 0 unspecified atom stereocenters. The molecule has 0 aliphatic carbocycles. The molecule has 232 valence electrons. The predicted octanol–water partition coefficient (Wildman–Crippen LogP) is -1.06. The first-order valence-electron chi connectivity index (χ1n) is 14.0. The number of nitrogens with one attached hydrogen (secondary N) is 4. The topological polar surface area (TPSA) is 239 Å². The third-order valence-corrected chi connectivity index (χ3v) is 6.31. The summed E-state index contributed by atoms with van der Waals surface area (Å²) >= 11 is 0. The van der Waals surface area contributed by atoms with Crippen LogP contribution in [0.4, 0.5) is 0 Å². The number of aromatic nitrogens is 5. The number of amides is 4. The molecule has 8 N–H and O–H groups in total. The van der Waals surface area contributed by atoms with E-state index in [1.807, 2.05) is 0 Å². The van der Waals surface area contributed by atoms with E-state index in [9.17, 15) is 24.3 Å². The van der Waals surface area contributed by atoms with Gasteiger partial charge >= 0.3 is 6.01 Å². The van der Waals surface area contributed by atoms with Crippen LogP contribution in [-0.4, -0.2) is 90.7 Å². The van der Waals surface area contributed by atoms with Gasteiger partial charge in [-0.1, -0.05) is 25.5 Å². The Morgan fingerprint density at radius 1 is 0.952 bits per heavy atom. The minimum absolute atomic E-state index is 0.227. The van der Waals surface area contributed by atoms with Gasteiger partial charge in [0.25, 0.3) is 0 Å². The lowest BCUT2D eigenvalue weighted by atomic mass is 10.0. The van der Waals surface area contributed by atoms with E-state index in [-0.39, 0.29) is 30.8 Å². The first-order chi connectivity index (χ1) is 20.1. The van der Waals surface area contributed by atoms with Crippen molar-refractivity contribution in [1.29, 1.82) is 0 Å². The standard InChI is InChI=1S/C26H42N10O6/c1-17(2)23(25(41)32-19(8-5-6-10-27)24(40)28-14-22(39)31-16-37)33-21(38)9-4-3-7-11-36-15-20(34-35-36)18-12-29-26(42)30-13-18/h12-13,15,17,19,23,37H,3-11,14,16,27H2,1-2H3,(H,28,40)(H,31,39)(H,32,41)(H,33,38)(H,29,30,42)/t19-,23-/m0/s1. The minimum atomic E-state index is -0.914. The van der Waals surface area contributed by atoms with E-state index < -0.39 is 36.5 Å². The van der Waals surface area contributed by atoms with Gasteiger partial charge in [0.05, 0.1) is 12.7 Å². The summed E-state index contributed by atoms with van der Waals surface area (Å²) in [5.41, 5.74) is 6.77. The zero-order chi connectivity index (χ0) is 30.9. The second kappa shape index (κ2) is 18.3.